The van der Waals surface area contributed by atoms with Gasteiger partial charge in [-0.3, -0.25) is 4.68 Å². The largest absolute Gasteiger partial charge is 0.464 e. The summed E-state index contributed by atoms with van der Waals surface area (Å²) in [5.41, 5.74) is 3.30. The maximum Gasteiger partial charge on any atom is 0.358 e. The van der Waals surface area contributed by atoms with E-state index in [2.05, 4.69) is 28.2 Å². The maximum atomic E-state index is 12.0. The normalized spacial score (nSPS) is 14.2. The Kier molecular flexibility index (Phi) is 6.52. The van der Waals surface area contributed by atoms with Gasteiger partial charge < -0.3 is 19.2 Å². The summed E-state index contributed by atoms with van der Waals surface area (Å²) in [5, 5.41) is 4.22. The predicted molar refractivity (Wildman–Crippen MR) is 104 cm³/mol. The molecule has 144 valence electrons. The van der Waals surface area contributed by atoms with E-state index >= 15 is 0 Å². The smallest absolute Gasteiger partial charge is 0.358 e. The second-order valence-corrected chi connectivity index (χ2v) is 7.28. The van der Waals surface area contributed by atoms with Crippen molar-refractivity contribution in [2.45, 2.75) is 11.3 Å². The first kappa shape index (κ1) is 19.4. The number of thioether (sulfide) groups is 1. The van der Waals surface area contributed by atoms with E-state index in [1.54, 1.807) is 11.7 Å². The van der Waals surface area contributed by atoms with Crippen LogP contribution < -0.4 is 4.90 Å². The van der Waals surface area contributed by atoms with E-state index in [0.717, 1.165) is 54.3 Å². The van der Waals surface area contributed by atoms with Crippen molar-refractivity contribution in [3.8, 4) is 0 Å². The van der Waals surface area contributed by atoms with E-state index in [0.29, 0.717) is 17.9 Å². The van der Waals surface area contributed by atoms with Gasteiger partial charge in [0.25, 0.3) is 0 Å². The van der Waals surface area contributed by atoms with E-state index < -0.39 is 5.97 Å². The molecular formula is C19H23N3O4S. The van der Waals surface area contributed by atoms with Crippen LogP contribution in [0.15, 0.2) is 29.3 Å². The first-order valence-corrected chi connectivity index (χ1v) is 9.74. The number of aromatic nitrogens is 2. The van der Waals surface area contributed by atoms with Crippen molar-refractivity contribution >= 4 is 29.7 Å². The maximum absolute atomic E-state index is 12.0. The number of benzene rings is 1. The van der Waals surface area contributed by atoms with Crippen molar-refractivity contribution < 1.29 is 19.1 Å². The SMILES string of the molecule is COC(=O)c1nn(C)cc1Cc1ccc(N2CCOCC2)cc1SCC=O. The van der Waals surface area contributed by atoms with E-state index in [1.807, 2.05) is 6.20 Å². The quantitative estimate of drug-likeness (QED) is 0.407. The van der Waals surface area contributed by atoms with Crippen LogP contribution in [0.4, 0.5) is 5.69 Å². The summed E-state index contributed by atoms with van der Waals surface area (Å²) < 4.78 is 11.9. The number of hydrogen-bond acceptors (Lipinski definition) is 7. The van der Waals surface area contributed by atoms with Crippen LogP contribution >= 0.6 is 11.8 Å². The van der Waals surface area contributed by atoms with Gasteiger partial charge in [0.05, 0.1) is 26.1 Å². The highest BCUT2D eigenvalue weighted by Gasteiger charge is 2.19. The lowest BCUT2D eigenvalue weighted by molar-refractivity contribution is -0.105. The van der Waals surface area contributed by atoms with Crippen molar-refractivity contribution in [2.75, 3.05) is 44.1 Å². The molecule has 3 rings (SSSR count). The highest BCUT2D eigenvalue weighted by molar-refractivity contribution is 8.00. The van der Waals surface area contributed by atoms with Crippen molar-refractivity contribution in [2.24, 2.45) is 7.05 Å². The van der Waals surface area contributed by atoms with Gasteiger partial charge in [0, 0.05) is 48.9 Å². The molecule has 1 aliphatic rings. The lowest BCUT2D eigenvalue weighted by Gasteiger charge is -2.29. The van der Waals surface area contributed by atoms with Crippen molar-refractivity contribution in [1.82, 2.24) is 9.78 Å². The number of carbonyl (C=O) groups is 2. The standard InChI is InChI=1S/C19H23N3O4S/c1-21-13-15(18(20-21)19(24)25-2)11-14-3-4-16(12-17(14)27-10-7-23)22-5-8-26-9-6-22/h3-4,7,12-13H,5-6,8-11H2,1-2H3. The molecule has 0 unspecified atom stereocenters. The van der Waals surface area contributed by atoms with Gasteiger partial charge in [-0.25, -0.2) is 4.79 Å². The summed E-state index contributed by atoms with van der Waals surface area (Å²) in [6, 6.07) is 6.26. The first-order chi connectivity index (χ1) is 13.1. The molecule has 0 radical (unpaired) electrons. The number of anilines is 1. The Morgan fingerprint density at radius 1 is 1.33 bits per heavy atom. The molecule has 27 heavy (non-hydrogen) atoms. The average Bonchev–Trinajstić information content (AvgIpc) is 3.07. The van der Waals surface area contributed by atoms with Crippen LogP contribution in [0.3, 0.4) is 0 Å². The van der Waals surface area contributed by atoms with E-state index in [4.69, 9.17) is 9.47 Å². The third kappa shape index (κ3) is 4.70. The molecule has 1 aliphatic heterocycles. The molecule has 1 aromatic heterocycles. The van der Waals surface area contributed by atoms with Crippen LogP contribution in [-0.4, -0.2) is 61.2 Å². The Bertz CT molecular complexity index is 815. The fourth-order valence-electron chi connectivity index (χ4n) is 3.11. The fourth-order valence-corrected chi connectivity index (χ4v) is 3.88. The molecular weight excluding hydrogens is 366 g/mol. The van der Waals surface area contributed by atoms with Crippen LogP contribution in [0.25, 0.3) is 0 Å². The minimum Gasteiger partial charge on any atom is -0.464 e. The number of nitrogens with zero attached hydrogens (tertiary/aromatic N) is 3. The highest BCUT2D eigenvalue weighted by Crippen LogP contribution is 2.30. The molecule has 0 aliphatic carbocycles. The molecule has 0 bridgehead atoms. The van der Waals surface area contributed by atoms with Crippen molar-refractivity contribution in [3.63, 3.8) is 0 Å². The van der Waals surface area contributed by atoms with Gasteiger partial charge >= 0.3 is 5.97 Å². The van der Waals surface area contributed by atoms with Crippen molar-refractivity contribution in [3.05, 3.63) is 41.2 Å². The van der Waals surface area contributed by atoms with Gasteiger partial charge in [-0.15, -0.1) is 11.8 Å². The summed E-state index contributed by atoms with van der Waals surface area (Å²) in [6.45, 7) is 3.14. The summed E-state index contributed by atoms with van der Waals surface area (Å²) >= 11 is 1.50. The molecule has 7 nitrogen and oxygen atoms in total. The van der Waals surface area contributed by atoms with Gasteiger partial charge in [0.2, 0.25) is 0 Å². The van der Waals surface area contributed by atoms with E-state index in [-0.39, 0.29) is 0 Å². The molecule has 1 aromatic carbocycles. The summed E-state index contributed by atoms with van der Waals surface area (Å²) in [4.78, 5) is 26.2. The number of morpholine rings is 1. The Balaban J connectivity index is 1.90. The Morgan fingerprint density at radius 3 is 2.81 bits per heavy atom. The number of esters is 1. The van der Waals surface area contributed by atoms with E-state index in [9.17, 15) is 9.59 Å². The summed E-state index contributed by atoms with van der Waals surface area (Å²) in [6.07, 6.45) is 3.28. The molecule has 0 spiro atoms. The van der Waals surface area contributed by atoms with Crippen LogP contribution in [-0.2, 0) is 27.7 Å². The molecule has 2 aromatic rings. The minimum atomic E-state index is -0.447. The molecule has 1 fully saturated rings. The van der Waals surface area contributed by atoms with Gasteiger partial charge in [-0.2, -0.15) is 5.10 Å². The monoisotopic (exact) mass is 389 g/mol. The Hall–Kier alpha value is -2.32. The number of carbonyl (C=O) groups excluding carboxylic acids is 2. The zero-order chi connectivity index (χ0) is 19.2. The number of methoxy groups -OCH3 is 1. The predicted octanol–water partition coefficient (Wildman–Crippen LogP) is 1.93. The van der Waals surface area contributed by atoms with Gasteiger partial charge in [-0.1, -0.05) is 6.07 Å². The summed E-state index contributed by atoms with van der Waals surface area (Å²) in [5.74, 6) is -0.0613. The highest BCUT2D eigenvalue weighted by atomic mass is 32.2. The molecule has 0 atom stereocenters. The molecule has 8 heteroatoms. The Morgan fingerprint density at radius 2 is 2.11 bits per heavy atom. The van der Waals surface area contributed by atoms with Crippen LogP contribution in [0, 0.1) is 0 Å². The van der Waals surface area contributed by atoms with Crippen LogP contribution in [0.2, 0.25) is 0 Å². The lowest BCUT2D eigenvalue weighted by Crippen LogP contribution is -2.36. The average molecular weight is 389 g/mol. The molecule has 0 amide bonds. The second kappa shape index (κ2) is 9.05. The Labute approximate surface area is 162 Å². The lowest BCUT2D eigenvalue weighted by atomic mass is 10.0. The topological polar surface area (TPSA) is 73.7 Å². The zero-order valence-electron chi connectivity index (χ0n) is 15.5. The van der Waals surface area contributed by atoms with E-state index in [1.165, 1.54) is 18.9 Å². The zero-order valence-corrected chi connectivity index (χ0v) is 16.3. The number of aryl methyl sites for hydroxylation is 1. The second-order valence-electron chi connectivity index (χ2n) is 6.21. The first-order valence-electron chi connectivity index (χ1n) is 8.75. The minimum absolute atomic E-state index is 0.323. The van der Waals surface area contributed by atoms with Crippen LogP contribution in [0.1, 0.15) is 21.6 Å². The fraction of sp³-hybridized carbons (Fsp3) is 0.421. The molecule has 0 saturated carbocycles. The molecule has 0 N–H and O–H groups in total. The number of hydrogen-bond donors (Lipinski definition) is 0. The van der Waals surface area contributed by atoms with Crippen molar-refractivity contribution in [1.29, 1.82) is 0 Å². The van der Waals surface area contributed by atoms with Gasteiger partial charge in [-0.05, 0) is 17.7 Å². The van der Waals surface area contributed by atoms with Crippen LogP contribution in [0.5, 0.6) is 0 Å². The number of rotatable bonds is 7. The van der Waals surface area contributed by atoms with Gasteiger partial charge in [0.15, 0.2) is 5.69 Å². The molecule has 1 saturated heterocycles. The molecule has 2 heterocycles. The summed E-state index contributed by atoms with van der Waals surface area (Å²) in [7, 11) is 3.13. The third-order valence-electron chi connectivity index (χ3n) is 4.40. The van der Waals surface area contributed by atoms with Gasteiger partial charge in [0.1, 0.15) is 6.29 Å². The third-order valence-corrected chi connectivity index (χ3v) is 5.39. The number of ether oxygens (including phenoxy) is 2. The number of aldehydes is 1.